The summed E-state index contributed by atoms with van der Waals surface area (Å²) in [6.07, 6.45) is 11.3. The van der Waals surface area contributed by atoms with Crippen LogP contribution in [0.25, 0.3) is 0 Å². The van der Waals surface area contributed by atoms with Crippen molar-refractivity contribution in [2.75, 3.05) is 0 Å². The normalized spacial score (nSPS) is 38.0. The van der Waals surface area contributed by atoms with E-state index in [-0.39, 0.29) is 23.4 Å². The van der Waals surface area contributed by atoms with E-state index >= 15 is 0 Å². The van der Waals surface area contributed by atoms with Gasteiger partial charge in [-0.2, -0.15) is 0 Å². The van der Waals surface area contributed by atoms with Gasteiger partial charge in [0, 0.05) is 11.3 Å². The lowest BCUT2D eigenvalue weighted by molar-refractivity contribution is -0.139. The standard InChI is InChI=1S/C17H20O2/c1-11-8-10-17(9-4-3-5-14(17)18)15-13(11)7-6-12(2)16(15)19/h3,5-6,8,13,15H,4,7,9-10H2,1-2H3/t13-,15-,17?/m0/s1. The van der Waals surface area contributed by atoms with Gasteiger partial charge in [-0.05, 0) is 57.1 Å². The van der Waals surface area contributed by atoms with Gasteiger partial charge in [-0.15, -0.1) is 0 Å². The van der Waals surface area contributed by atoms with Crippen molar-refractivity contribution in [3.63, 3.8) is 0 Å². The summed E-state index contributed by atoms with van der Waals surface area (Å²) in [5.41, 5.74) is 1.68. The van der Waals surface area contributed by atoms with Gasteiger partial charge >= 0.3 is 0 Å². The predicted octanol–water partition coefficient (Wildman–Crippen LogP) is 3.39. The summed E-state index contributed by atoms with van der Waals surface area (Å²) in [4.78, 5) is 25.1. The molecule has 3 atom stereocenters. The van der Waals surface area contributed by atoms with Gasteiger partial charge in [0.2, 0.25) is 0 Å². The van der Waals surface area contributed by atoms with E-state index in [4.69, 9.17) is 0 Å². The van der Waals surface area contributed by atoms with Gasteiger partial charge in [-0.1, -0.05) is 23.8 Å². The van der Waals surface area contributed by atoms with Crippen LogP contribution in [0.5, 0.6) is 0 Å². The number of carbonyl (C=O) groups is 2. The molecule has 0 N–H and O–H groups in total. The Bertz CT molecular complexity index is 535. The second kappa shape index (κ2) is 4.29. The molecule has 2 heteroatoms. The maximum absolute atomic E-state index is 12.7. The summed E-state index contributed by atoms with van der Waals surface area (Å²) in [7, 11) is 0. The van der Waals surface area contributed by atoms with E-state index in [9.17, 15) is 9.59 Å². The molecule has 0 aromatic heterocycles. The lowest BCUT2D eigenvalue weighted by Gasteiger charge is -2.47. The van der Waals surface area contributed by atoms with Crippen LogP contribution in [0, 0.1) is 17.3 Å². The van der Waals surface area contributed by atoms with Gasteiger partial charge in [0.05, 0.1) is 0 Å². The molecule has 2 nitrogen and oxygen atoms in total. The predicted molar refractivity (Wildman–Crippen MR) is 74.5 cm³/mol. The lowest BCUT2D eigenvalue weighted by atomic mass is 9.53. The number of rotatable bonds is 0. The molecule has 0 aromatic carbocycles. The van der Waals surface area contributed by atoms with Crippen LogP contribution in [-0.2, 0) is 9.59 Å². The van der Waals surface area contributed by atoms with Crippen molar-refractivity contribution >= 4 is 11.6 Å². The van der Waals surface area contributed by atoms with Crippen molar-refractivity contribution in [3.8, 4) is 0 Å². The SMILES string of the molecule is CC1=CC[C@H]2C(C)=CCC3(CCC=CC3=O)[C@@H]2C1=O. The van der Waals surface area contributed by atoms with Crippen LogP contribution in [-0.4, -0.2) is 11.6 Å². The number of carbonyl (C=O) groups excluding carboxylic acids is 2. The summed E-state index contributed by atoms with van der Waals surface area (Å²) in [5.74, 6) is 0.480. The number of Topliss-reactive ketones (excluding diaryl/α,β-unsaturated/α-hetero) is 1. The average Bonchev–Trinajstić information content (AvgIpc) is 2.40. The van der Waals surface area contributed by atoms with Gasteiger partial charge in [-0.25, -0.2) is 0 Å². The molecule has 0 fully saturated rings. The van der Waals surface area contributed by atoms with Crippen molar-refractivity contribution in [1.29, 1.82) is 0 Å². The van der Waals surface area contributed by atoms with Crippen LogP contribution in [0.2, 0.25) is 0 Å². The highest BCUT2D eigenvalue weighted by molar-refractivity contribution is 6.05. The molecule has 100 valence electrons. The number of allylic oxidation sites excluding steroid dienone is 6. The third kappa shape index (κ3) is 1.69. The van der Waals surface area contributed by atoms with Gasteiger partial charge in [0.15, 0.2) is 11.6 Å². The van der Waals surface area contributed by atoms with Crippen molar-refractivity contribution in [2.45, 2.75) is 39.5 Å². The number of ketones is 2. The number of hydrogen-bond acceptors (Lipinski definition) is 2. The van der Waals surface area contributed by atoms with Crippen LogP contribution in [0.4, 0.5) is 0 Å². The number of hydrogen-bond donors (Lipinski definition) is 0. The third-order valence-corrected chi connectivity index (χ3v) is 5.24. The Balaban J connectivity index is 2.12. The van der Waals surface area contributed by atoms with Crippen molar-refractivity contribution in [1.82, 2.24) is 0 Å². The summed E-state index contributed by atoms with van der Waals surface area (Å²) in [6, 6.07) is 0. The van der Waals surface area contributed by atoms with E-state index in [1.54, 1.807) is 6.08 Å². The highest BCUT2D eigenvalue weighted by Crippen LogP contribution is 2.53. The second-order valence-electron chi connectivity index (χ2n) is 6.18. The van der Waals surface area contributed by atoms with Crippen LogP contribution < -0.4 is 0 Å². The monoisotopic (exact) mass is 256 g/mol. The minimum Gasteiger partial charge on any atom is -0.294 e. The Labute approximate surface area is 114 Å². The zero-order valence-corrected chi connectivity index (χ0v) is 11.6. The maximum atomic E-state index is 12.7. The molecule has 0 bridgehead atoms. The minimum atomic E-state index is -0.453. The molecular weight excluding hydrogens is 236 g/mol. The first kappa shape index (κ1) is 12.6. The Kier molecular flexibility index (Phi) is 2.84. The molecule has 1 spiro atoms. The summed E-state index contributed by atoms with van der Waals surface area (Å²) < 4.78 is 0. The minimum absolute atomic E-state index is 0.125. The Morgan fingerprint density at radius 2 is 2.00 bits per heavy atom. The Morgan fingerprint density at radius 3 is 2.74 bits per heavy atom. The molecule has 0 aliphatic heterocycles. The number of fused-ring (bicyclic) bond motifs is 2. The second-order valence-corrected chi connectivity index (χ2v) is 6.18. The van der Waals surface area contributed by atoms with E-state index < -0.39 is 5.41 Å². The molecule has 3 aliphatic carbocycles. The molecule has 0 amide bonds. The summed E-state index contributed by atoms with van der Waals surface area (Å²) >= 11 is 0. The van der Waals surface area contributed by atoms with Crippen LogP contribution in [0.15, 0.2) is 35.5 Å². The molecule has 0 saturated heterocycles. The van der Waals surface area contributed by atoms with Gasteiger partial charge < -0.3 is 0 Å². The first-order valence-corrected chi connectivity index (χ1v) is 7.15. The maximum Gasteiger partial charge on any atom is 0.162 e. The van der Waals surface area contributed by atoms with E-state index in [0.717, 1.165) is 31.3 Å². The Morgan fingerprint density at radius 1 is 1.21 bits per heavy atom. The topological polar surface area (TPSA) is 34.1 Å². The Hall–Kier alpha value is -1.44. The fourth-order valence-corrected chi connectivity index (χ4v) is 4.01. The molecule has 0 heterocycles. The average molecular weight is 256 g/mol. The van der Waals surface area contributed by atoms with Crippen LogP contribution >= 0.6 is 0 Å². The molecule has 0 saturated carbocycles. The summed E-state index contributed by atoms with van der Waals surface area (Å²) in [5, 5.41) is 0. The van der Waals surface area contributed by atoms with Crippen LogP contribution in [0.3, 0.4) is 0 Å². The fourth-order valence-electron chi connectivity index (χ4n) is 4.01. The smallest absolute Gasteiger partial charge is 0.162 e. The van der Waals surface area contributed by atoms with Crippen molar-refractivity contribution in [2.24, 2.45) is 17.3 Å². The highest BCUT2D eigenvalue weighted by atomic mass is 16.1. The fraction of sp³-hybridized carbons (Fsp3) is 0.529. The third-order valence-electron chi connectivity index (χ3n) is 5.24. The van der Waals surface area contributed by atoms with Crippen molar-refractivity contribution < 1.29 is 9.59 Å². The van der Waals surface area contributed by atoms with Crippen molar-refractivity contribution in [3.05, 3.63) is 35.5 Å². The van der Waals surface area contributed by atoms with Gasteiger partial charge in [0.1, 0.15) is 0 Å². The molecule has 1 unspecified atom stereocenters. The van der Waals surface area contributed by atoms with E-state index in [0.29, 0.717) is 0 Å². The van der Waals surface area contributed by atoms with E-state index in [1.807, 2.05) is 19.1 Å². The molecule has 3 aliphatic rings. The molecule has 0 radical (unpaired) electrons. The zero-order valence-electron chi connectivity index (χ0n) is 11.6. The largest absolute Gasteiger partial charge is 0.294 e. The first-order valence-electron chi connectivity index (χ1n) is 7.15. The molecule has 3 rings (SSSR count). The van der Waals surface area contributed by atoms with Gasteiger partial charge in [-0.3, -0.25) is 9.59 Å². The van der Waals surface area contributed by atoms with Crippen LogP contribution in [0.1, 0.15) is 39.5 Å². The molecular formula is C17H20O2. The van der Waals surface area contributed by atoms with E-state index in [2.05, 4.69) is 13.0 Å². The molecule has 0 aromatic rings. The van der Waals surface area contributed by atoms with E-state index in [1.165, 1.54) is 5.57 Å². The zero-order chi connectivity index (χ0) is 13.6. The lowest BCUT2D eigenvalue weighted by Crippen LogP contribution is -2.50. The summed E-state index contributed by atoms with van der Waals surface area (Å²) in [6.45, 7) is 4.00. The highest BCUT2D eigenvalue weighted by Gasteiger charge is 2.53. The first-order chi connectivity index (χ1) is 9.06. The quantitative estimate of drug-likeness (QED) is 0.622. The molecule has 19 heavy (non-hydrogen) atoms. The van der Waals surface area contributed by atoms with Gasteiger partial charge in [0.25, 0.3) is 0 Å².